The Labute approximate surface area is 263 Å². The van der Waals surface area contributed by atoms with E-state index in [4.69, 9.17) is 27.9 Å². The van der Waals surface area contributed by atoms with E-state index in [1.54, 1.807) is 19.1 Å². The number of allylic oxidation sites excluding steroid dienone is 2. The van der Waals surface area contributed by atoms with Gasteiger partial charge in [-0.15, -0.1) is 23.2 Å². The van der Waals surface area contributed by atoms with Crippen molar-refractivity contribution in [2.75, 3.05) is 17.0 Å². The van der Waals surface area contributed by atoms with Crippen molar-refractivity contribution in [1.82, 2.24) is 4.90 Å². The Balaban J connectivity index is 1.51. The number of rotatable bonds is 6. The zero-order valence-electron chi connectivity index (χ0n) is 22.5. The van der Waals surface area contributed by atoms with Crippen molar-refractivity contribution in [3.63, 3.8) is 0 Å². The molecular weight excluding hydrogens is 669 g/mol. The van der Waals surface area contributed by atoms with Gasteiger partial charge in [0.05, 0.1) is 34.5 Å². The molecule has 4 amide bonds. The highest BCUT2D eigenvalue weighted by Crippen LogP contribution is 2.65. The molecular formula is C29H24BrCl2N3O8. The van der Waals surface area contributed by atoms with Gasteiger partial charge < -0.3 is 9.84 Å². The van der Waals surface area contributed by atoms with Crippen LogP contribution in [-0.4, -0.2) is 60.4 Å². The lowest BCUT2D eigenvalue weighted by molar-refractivity contribution is -0.384. The Morgan fingerprint density at radius 3 is 2.51 bits per heavy atom. The van der Waals surface area contributed by atoms with Crippen LogP contribution in [0.25, 0.3) is 0 Å². The highest BCUT2D eigenvalue weighted by Gasteiger charge is 2.76. The third kappa shape index (κ3) is 3.99. The number of carbonyl (C=O) groups is 4. The lowest BCUT2D eigenvalue weighted by Crippen LogP contribution is -2.60. The molecule has 11 nitrogen and oxygen atoms in total. The van der Waals surface area contributed by atoms with Gasteiger partial charge in [0.15, 0.2) is 21.2 Å². The zero-order valence-corrected chi connectivity index (χ0v) is 25.6. The van der Waals surface area contributed by atoms with Gasteiger partial charge in [-0.2, -0.15) is 0 Å². The minimum atomic E-state index is -2.00. The van der Waals surface area contributed by atoms with E-state index in [-0.39, 0.29) is 47.8 Å². The second-order valence-corrected chi connectivity index (χ2v) is 12.7. The number of carbonyl (C=O) groups excluding carboxylic acids is 4. The molecule has 14 heteroatoms. The predicted molar refractivity (Wildman–Crippen MR) is 158 cm³/mol. The molecule has 2 aliphatic heterocycles. The molecule has 2 saturated heterocycles. The fourth-order valence-corrected chi connectivity index (χ4v) is 8.53. The summed E-state index contributed by atoms with van der Waals surface area (Å²) in [7, 11) is 0. The first-order valence-corrected chi connectivity index (χ1v) is 15.4. The molecule has 224 valence electrons. The number of nitrogens with zero attached hydrogens (tertiary/aromatic N) is 3. The number of nitro groups is 1. The SMILES string of the molecule is CCOc1cc([C@H]2C3=CC[C@@H]4C(=O)N(c5cccc([N+](=O)[O-])c5)C(=O)[C@@H]4[C@@H]3C[C@@]3(Cl)C(=O)N(CBr)C(=O)[C@@]23Cl)ccc1O. The van der Waals surface area contributed by atoms with Crippen LogP contribution in [0.4, 0.5) is 11.4 Å². The number of fused-ring (bicyclic) bond motifs is 4. The summed E-state index contributed by atoms with van der Waals surface area (Å²) in [6.07, 6.45) is 1.71. The summed E-state index contributed by atoms with van der Waals surface area (Å²) in [6, 6.07) is 9.75. The lowest BCUT2D eigenvalue weighted by atomic mass is 9.56. The number of anilines is 1. The minimum absolute atomic E-state index is 0.0669. The van der Waals surface area contributed by atoms with E-state index < -0.39 is 62.0 Å². The topological polar surface area (TPSA) is 147 Å². The Morgan fingerprint density at radius 2 is 1.84 bits per heavy atom. The molecule has 1 saturated carbocycles. The first-order valence-electron chi connectivity index (χ1n) is 13.5. The summed E-state index contributed by atoms with van der Waals surface area (Å²) in [4.78, 5) is 64.1. The van der Waals surface area contributed by atoms with Crippen molar-refractivity contribution in [2.45, 2.75) is 35.4 Å². The molecule has 0 aromatic heterocycles. The van der Waals surface area contributed by atoms with Crippen molar-refractivity contribution in [3.8, 4) is 11.5 Å². The van der Waals surface area contributed by atoms with Gasteiger partial charge in [-0.3, -0.25) is 34.2 Å². The number of phenolic OH excluding ortho intramolecular Hbond substituents is 1. The Kier molecular flexibility index (Phi) is 7.09. The zero-order chi connectivity index (χ0) is 31.0. The van der Waals surface area contributed by atoms with Gasteiger partial charge in [-0.05, 0) is 49.4 Å². The predicted octanol–water partition coefficient (Wildman–Crippen LogP) is 4.61. The molecule has 2 heterocycles. The number of hydrogen-bond donors (Lipinski definition) is 1. The van der Waals surface area contributed by atoms with Gasteiger partial charge in [-0.25, -0.2) is 4.90 Å². The fourth-order valence-electron chi connectivity index (χ4n) is 7.11. The van der Waals surface area contributed by atoms with E-state index in [1.807, 2.05) is 0 Å². The van der Waals surface area contributed by atoms with Gasteiger partial charge >= 0.3 is 0 Å². The maximum absolute atomic E-state index is 14.1. The maximum Gasteiger partial charge on any atom is 0.271 e. The average molecular weight is 693 g/mol. The van der Waals surface area contributed by atoms with Crippen LogP contribution in [0.5, 0.6) is 11.5 Å². The molecule has 6 rings (SSSR count). The second kappa shape index (κ2) is 10.3. The molecule has 6 atom stereocenters. The summed E-state index contributed by atoms with van der Waals surface area (Å²) in [6.45, 7) is 1.98. The van der Waals surface area contributed by atoms with Crippen LogP contribution in [0.3, 0.4) is 0 Å². The first kappa shape index (κ1) is 29.6. The summed E-state index contributed by atoms with van der Waals surface area (Å²) in [5.41, 5.74) is 0.630. The number of amides is 4. The van der Waals surface area contributed by atoms with Crippen molar-refractivity contribution in [2.24, 2.45) is 17.8 Å². The van der Waals surface area contributed by atoms with E-state index in [2.05, 4.69) is 15.9 Å². The Morgan fingerprint density at radius 1 is 1.09 bits per heavy atom. The van der Waals surface area contributed by atoms with Crippen LogP contribution < -0.4 is 9.64 Å². The molecule has 3 fully saturated rings. The maximum atomic E-state index is 14.1. The number of aromatic hydroxyl groups is 1. The number of imide groups is 2. The largest absolute Gasteiger partial charge is 0.504 e. The van der Waals surface area contributed by atoms with Crippen LogP contribution in [-0.2, 0) is 19.2 Å². The van der Waals surface area contributed by atoms with Gasteiger partial charge in [-0.1, -0.05) is 39.7 Å². The lowest BCUT2D eigenvalue weighted by Gasteiger charge is -2.50. The molecule has 2 aliphatic carbocycles. The number of benzene rings is 2. The third-order valence-electron chi connectivity index (χ3n) is 8.93. The third-order valence-corrected chi connectivity index (χ3v) is 10.8. The van der Waals surface area contributed by atoms with E-state index in [9.17, 15) is 34.4 Å². The fraction of sp³-hybridized carbons (Fsp3) is 0.379. The molecule has 0 radical (unpaired) electrons. The normalized spacial score (nSPS) is 31.5. The van der Waals surface area contributed by atoms with Crippen LogP contribution >= 0.6 is 39.1 Å². The van der Waals surface area contributed by atoms with Gasteiger partial charge in [0, 0.05) is 18.1 Å². The Bertz CT molecular complexity index is 1650. The smallest absolute Gasteiger partial charge is 0.271 e. The number of likely N-dealkylation sites (tertiary alicyclic amines) is 1. The molecule has 2 aromatic rings. The highest BCUT2D eigenvalue weighted by atomic mass is 79.9. The Hall–Kier alpha value is -3.48. The molecule has 2 aromatic carbocycles. The van der Waals surface area contributed by atoms with E-state index in [1.165, 1.54) is 30.3 Å². The van der Waals surface area contributed by atoms with Crippen molar-refractivity contribution in [1.29, 1.82) is 0 Å². The monoisotopic (exact) mass is 691 g/mol. The molecule has 0 bridgehead atoms. The number of non-ortho nitro benzene ring substituents is 1. The van der Waals surface area contributed by atoms with E-state index >= 15 is 0 Å². The molecule has 0 spiro atoms. The number of phenols is 1. The van der Waals surface area contributed by atoms with Crippen molar-refractivity contribution >= 4 is 74.1 Å². The van der Waals surface area contributed by atoms with Gasteiger partial charge in [0.1, 0.15) is 0 Å². The second-order valence-electron chi connectivity index (χ2n) is 10.9. The number of nitro benzene ring substituents is 1. The standard InChI is InChI=1S/C29H24BrCl2N3O8/c1-2-43-21-10-14(6-9-20(21)36)23-17-7-8-18-22(19(17)12-28(31)26(39)33(13-30)27(40)29(23,28)32)25(38)34(24(18)37)15-4-3-5-16(11-15)35(41)42/h3-7,9-11,18-19,22-23,36H,2,8,12-13H2,1H3/t18-,19+,22-,23-,28+,29-/m0/s1. The summed E-state index contributed by atoms with van der Waals surface area (Å²) in [5.74, 6) is -6.13. The quantitative estimate of drug-likeness (QED) is 0.115. The van der Waals surface area contributed by atoms with Crippen molar-refractivity contribution < 1.29 is 33.9 Å². The molecule has 43 heavy (non-hydrogen) atoms. The minimum Gasteiger partial charge on any atom is -0.504 e. The number of halogens is 3. The summed E-state index contributed by atoms with van der Waals surface area (Å²) < 4.78 is 5.59. The van der Waals surface area contributed by atoms with Gasteiger partial charge in [0.2, 0.25) is 11.8 Å². The van der Waals surface area contributed by atoms with E-state index in [0.717, 1.165) is 15.9 Å². The molecule has 0 unspecified atom stereocenters. The number of alkyl halides is 3. The molecule has 1 N–H and O–H groups in total. The van der Waals surface area contributed by atoms with Crippen LogP contribution in [0.1, 0.15) is 31.2 Å². The van der Waals surface area contributed by atoms with Crippen LogP contribution in [0.15, 0.2) is 54.1 Å². The van der Waals surface area contributed by atoms with E-state index in [0.29, 0.717) is 11.1 Å². The number of ether oxygens (including phenoxy) is 1. The highest BCUT2D eigenvalue weighted by molar-refractivity contribution is 9.09. The van der Waals surface area contributed by atoms with Crippen molar-refractivity contribution in [3.05, 3.63) is 69.8 Å². The molecule has 4 aliphatic rings. The summed E-state index contributed by atoms with van der Waals surface area (Å²) >= 11 is 17.6. The number of hydrogen-bond acceptors (Lipinski definition) is 8. The average Bonchev–Trinajstić information content (AvgIpc) is 3.32. The summed E-state index contributed by atoms with van der Waals surface area (Å²) in [5, 5.41) is 21.8. The first-order chi connectivity index (χ1) is 20.4. The van der Waals surface area contributed by atoms with Crippen LogP contribution in [0.2, 0.25) is 0 Å². The van der Waals surface area contributed by atoms with Gasteiger partial charge in [0.25, 0.3) is 17.5 Å². The van der Waals surface area contributed by atoms with Crippen LogP contribution in [0, 0.1) is 27.9 Å².